The molecular weight excluding hydrogens is 404 g/mol. The Kier molecular flexibility index (Phi) is 4.98. The molecule has 1 amide bonds. The Labute approximate surface area is 185 Å². The van der Waals surface area contributed by atoms with E-state index in [4.69, 9.17) is 9.15 Å². The van der Waals surface area contributed by atoms with Gasteiger partial charge in [-0.3, -0.25) is 14.5 Å². The summed E-state index contributed by atoms with van der Waals surface area (Å²) in [5.41, 5.74) is 2.22. The van der Waals surface area contributed by atoms with Crippen LogP contribution in [0.4, 0.5) is 5.82 Å². The third kappa shape index (κ3) is 3.24. The molecular formula is C26H22N2O4. The minimum Gasteiger partial charge on any atom is -0.494 e. The van der Waals surface area contributed by atoms with Crippen molar-refractivity contribution >= 4 is 22.7 Å². The summed E-state index contributed by atoms with van der Waals surface area (Å²) >= 11 is 0. The first kappa shape index (κ1) is 20.0. The van der Waals surface area contributed by atoms with E-state index in [9.17, 15) is 9.59 Å². The number of fused-ring (bicyclic) bond motifs is 2. The van der Waals surface area contributed by atoms with Crippen molar-refractivity contribution in [2.45, 2.75) is 26.3 Å². The van der Waals surface area contributed by atoms with Gasteiger partial charge >= 0.3 is 0 Å². The minimum atomic E-state index is -0.669. The van der Waals surface area contributed by atoms with Crippen LogP contribution in [0.1, 0.15) is 46.6 Å². The highest BCUT2D eigenvalue weighted by Crippen LogP contribution is 2.41. The van der Waals surface area contributed by atoms with Crippen LogP contribution in [0.3, 0.4) is 0 Å². The van der Waals surface area contributed by atoms with Crippen LogP contribution in [0.2, 0.25) is 0 Å². The highest BCUT2D eigenvalue weighted by Gasteiger charge is 2.44. The summed E-state index contributed by atoms with van der Waals surface area (Å²) in [6.07, 6.45) is 2.54. The van der Waals surface area contributed by atoms with Crippen LogP contribution in [0.5, 0.6) is 5.75 Å². The number of anilines is 1. The summed E-state index contributed by atoms with van der Waals surface area (Å²) in [7, 11) is 0. The zero-order chi connectivity index (χ0) is 22.2. The SMILES string of the molecule is CCCOc1cccc([C@H]2c3c(oc4ccccc4c3=O)C(=O)N2c2cc(C)ccn2)c1. The van der Waals surface area contributed by atoms with Crippen molar-refractivity contribution in [3.05, 3.63) is 99.5 Å². The minimum absolute atomic E-state index is 0.0573. The van der Waals surface area contributed by atoms with Gasteiger partial charge in [0.2, 0.25) is 5.76 Å². The first-order valence-corrected chi connectivity index (χ1v) is 10.6. The molecule has 1 aliphatic rings. The maximum absolute atomic E-state index is 13.6. The highest BCUT2D eigenvalue weighted by molar-refractivity contribution is 6.10. The van der Waals surface area contributed by atoms with Crippen molar-refractivity contribution in [3.8, 4) is 5.75 Å². The number of aromatic nitrogens is 1. The fourth-order valence-corrected chi connectivity index (χ4v) is 4.12. The van der Waals surface area contributed by atoms with Crippen molar-refractivity contribution in [2.24, 2.45) is 0 Å². The van der Waals surface area contributed by atoms with Crippen molar-refractivity contribution in [1.29, 1.82) is 0 Å². The predicted octanol–water partition coefficient (Wildman–Crippen LogP) is 5.04. The van der Waals surface area contributed by atoms with Gasteiger partial charge in [-0.05, 0) is 60.9 Å². The molecule has 4 aromatic rings. The van der Waals surface area contributed by atoms with Crippen molar-refractivity contribution in [3.63, 3.8) is 0 Å². The molecule has 160 valence electrons. The molecule has 1 aliphatic heterocycles. The van der Waals surface area contributed by atoms with E-state index >= 15 is 0 Å². The predicted molar refractivity (Wildman–Crippen MR) is 122 cm³/mol. The summed E-state index contributed by atoms with van der Waals surface area (Å²) < 4.78 is 11.8. The molecule has 6 heteroatoms. The molecule has 0 bridgehead atoms. The summed E-state index contributed by atoms with van der Waals surface area (Å²) in [6.45, 7) is 4.56. The number of ether oxygens (including phenoxy) is 1. The zero-order valence-electron chi connectivity index (χ0n) is 17.9. The van der Waals surface area contributed by atoms with Crippen LogP contribution in [0.15, 0.2) is 76.1 Å². The van der Waals surface area contributed by atoms with Gasteiger partial charge in [0.25, 0.3) is 5.91 Å². The monoisotopic (exact) mass is 426 g/mol. The van der Waals surface area contributed by atoms with E-state index in [2.05, 4.69) is 4.98 Å². The van der Waals surface area contributed by atoms with Gasteiger partial charge in [-0.15, -0.1) is 0 Å². The normalized spacial score (nSPS) is 15.2. The molecule has 6 nitrogen and oxygen atoms in total. The summed E-state index contributed by atoms with van der Waals surface area (Å²) in [5, 5.41) is 0.446. The van der Waals surface area contributed by atoms with E-state index in [1.807, 2.05) is 50.2 Å². The molecule has 0 radical (unpaired) electrons. The molecule has 0 saturated heterocycles. The van der Waals surface area contributed by atoms with Crippen LogP contribution in [-0.2, 0) is 0 Å². The van der Waals surface area contributed by atoms with Gasteiger partial charge in [0, 0.05) is 6.20 Å². The van der Waals surface area contributed by atoms with E-state index in [0.29, 0.717) is 34.7 Å². The molecule has 0 saturated carbocycles. The van der Waals surface area contributed by atoms with Crippen LogP contribution >= 0.6 is 0 Å². The second kappa shape index (κ2) is 7.96. The molecule has 3 heterocycles. The third-order valence-electron chi connectivity index (χ3n) is 5.57. The lowest BCUT2D eigenvalue weighted by molar-refractivity contribution is 0.0970. The molecule has 1 atom stereocenters. The van der Waals surface area contributed by atoms with Crippen LogP contribution in [-0.4, -0.2) is 17.5 Å². The van der Waals surface area contributed by atoms with Gasteiger partial charge in [0.15, 0.2) is 5.43 Å². The number of amides is 1. The van der Waals surface area contributed by atoms with E-state index in [-0.39, 0.29) is 17.1 Å². The van der Waals surface area contributed by atoms with E-state index < -0.39 is 6.04 Å². The average molecular weight is 426 g/mol. The van der Waals surface area contributed by atoms with Gasteiger partial charge in [-0.1, -0.05) is 31.2 Å². The van der Waals surface area contributed by atoms with Crippen molar-refractivity contribution in [2.75, 3.05) is 11.5 Å². The second-order valence-electron chi connectivity index (χ2n) is 7.86. The molecule has 32 heavy (non-hydrogen) atoms. The number of carbonyl (C=O) groups excluding carboxylic acids is 1. The van der Waals surface area contributed by atoms with Crippen LogP contribution in [0.25, 0.3) is 11.0 Å². The number of hydrogen-bond donors (Lipinski definition) is 0. The maximum Gasteiger partial charge on any atom is 0.296 e. The molecule has 0 unspecified atom stereocenters. The first-order chi connectivity index (χ1) is 15.6. The zero-order valence-corrected chi connectivity index (χ0v) is 17.9. The quantitative estimate of drug-likeness (QED) is 0.447. The molecule has 2 aromatic carbocycles. The molecule has 5 rings (SSSR count). The number of nitrogens with zero attached hydrogens (tertiary/aromatic N) is 2. The summed E-state index contributed by atoms with van der Waals surface area (Å²) in [5.74, 6) is 0.829. The van der Waals surface area contributed by atoms with Gasteiger partial charge in [-0.25, -0.2) is 4.98 Å². The molecule has 0 fully saturated rings. The summed E-state index contributed by atoms with van der Waals surface area (Å²) in [6, 6.07) is 17.5. The molecule has 0 spiro atoms. The number of pyridine rings is 1. The largest absolute Gasteiger partial charge is 0.494 e. The smallest absolute Gasteiger partial charge is 0.296 e. The van der Waals surface area contributed by atoms with Crippen molar-refractivity contribution in [1.82, 2.24) is 4.98 Å². The lowest BCUT2D eigenvalue weighted by Gasteiger charge is -2.24. The Morgan fingerprint density at radius 1 is 1.06 bits per heavy atom. The van der Waals surface area contributed by atoms with E-state index in [0.717, 1.165) is 17.5 Å². The number of carbonyl (C=O) groups is 1. The lowest BCUT2D eigenvalue weighted by atomic mass is 9.98. The Hall–Kier alpha value is -3.93. The Balaban J connectivity index is 1.76. The van der Waals surface area contributed by atoms with E-state index in [1.54, 1.807) is 35.4 Å². The fourth-order valence-electron chi connectivity index (χ4n) is 4.12. The fraction of sp³-hybridized carbons (Fsp3) is 0.192. The van der Waals surface area contributed by atoms with Gasteiger partial charge in [0.05, 0.1) is 23.6 Å². The number of rotatable bonds is 5. The maximum atomic E-state index is 13.6. The van der Waals surface area contributed by atoms with Gasteiger partial charge in [-0.2, -0.15) is 0 Å². The Morgan fingerprint density at radius 2 is 1.91 bits per heavy atom. The molecule has 2 aromatic heterocycles. The molecule has 0 N–H and O–H groups in total. The third-order valence-corrected chi connectivity index (χ3v) is 5.57. The highest BCUT2D eigenvalue weighted by atomic mass is 16.5. The molecule has 0 aliphatic carbocycles. The Morgan fingerprint density at radius 3 is 2.72 bits per heavy atom. The van der Waals surface area contributed by atoms with Crippen molar-refractivity contribution < 1.29 is 13.9 Å². The lowest BCUT2D eigenvalue weighted by Crippen LogP contribution is -2.30. The summed E-state index contributed by atoms with van der Waals surface area (Å²) in [4.78, 5) is 33.1. The van der Waals surface area contributed by atoms with Crippen LogP contribution in [0, 0.1) is 6.92 Å². The van der Waals surface area contributed by atoms with Crippen LogP contribution < -0.4 is 15.1 Å². The average Bonchev–Trinajstić information content (AvgIpc) is 3.10. The number of para-hydroxylation sites is 1. The van der Waals surface area contributed by atoms with E-state index in [1.165, 1.54) is 0 Å². The topological polar surface area (TPSA) is 72.6 Å². The standard InChI is InChI=1S/C26H22N2O4/c1-3-13-31-18-8-6-7-17(15-18)23-22-24(29)19-9-4-5-10-20(19)32-25(22)26(30)28(23)21-14-16(2)11-12-27-21/h4-12,14-15,23H,3,13H2,1-2H3/t23-/m0/s1. The number of aryl methyl sites for hydroxylation is 1. The number of benzene rings is 2. The van der Waals surface area contributed by atoms with Gasteiger partial charge in [0.1, 0.15) is 17.2 Å². The Bertz CT molecular complexity index is 1390. The number of hydrogen-bond acceptors (Lipinski definition) is 5. The van der Waals surface area contributed by atoms with Gasteiger partial charge < -0.3 is 9.15 Å². The first-order valence-electron chi connectivity index (χ1n) is 10.6. The second-order valence-corrected chi connectivity index (χ2v) is 7.86.